The Bertz CT molecular complexity index is 660. The van der Waals surface area contributed by atoms with Crippen molar-refractivity contribution in [2.24, 2.45) is 10.4 Å². The van der Waals surface area contributed by atoms with Crippen LogP contribution in [-0.4, -0.2) is 51.0 Å². The molecule has 1 aromatic carbocycles. The van der Waals surface area contributed by atoms with E-state index in [9.17, 15) is 13.9 Å². The summed E-state index contributed by atoms with van der Waals surface area (Å²) in [6.07, 6.45) is 7.27. The van der Waals surface area contributed by atoms with Crippen LogP contribution in [0.1, 0.15) is 51.0 Å². The van der Waals surface area contributed by atoms with Crippen molar-refractivity contribution in [3.8, 4) is 11.5 Å². The molecule has 2 rings (SSSR count). The van der Waals surface area contributed by atoms with Gasteiger partial charge in [-0.05, 0) is 55.7 Å². The predicted octanol–water partition coefficient (Wildman–Crippen LogP) is 3.73. The molecule has 0 aliphatic heterocycles. The van der Waals surface area contributed by atoms with E-state index in [2.05, 4.69) is 15.4 Å². The number of hydrogen-bond donors (Lipinski definition) is 3. The van der Waals surface area contributed by atoms with Gasteiger partial charge in [-0.25, -0.2) is 0 Å². The summed E-state index contributed by atoms with van der Waals surface area (Å²) in [5, 5.41) is 16.1. The number of aliphatic hydroxyl groups is 1. The first kappa shape index (κ1) is 24.2. The SMILES string of the molecule is CCNC(=NCC1(CCO)CCCCC1)NCCc1ccc(OC)c(OC(F)F)c1. The van der Waals surface area contributed by atoms with Gasteiger partial charge in [-0.15, -0.1) is 0 Å². The average molecular weight is 428 g/mol. The van der Waals surface area contributed by atoms with Crippen LogP contribution < -0.4 is 20.1 Å². The van der Waals surface area contributed by atoms with Gasteiger partial charge in [-0.2, -0.15) is 8.78 Å². The normalized spacial score (nSPS) is 16.4. The first-order valence-corrected chi connectivity index (χ1v) is 10.8. The Kier molecular flexibility index (Phi) is 10.1. The third-order valence-corrected chi connectivity index (χ3v) is 5.62. The Morgan fingerprint density at radius 2 is 1.97 bits per heavy atom. The third-order valence-electron chi connectivity index (χ3n) is 5.62. The standard InChI is InChI=1S/C22H35F2N3O3/c1-3-25-21(27-16-22(12-14-28)10-5-4-6-11-22)26-13-9-17-7-8-18(29-2)19(15-17)30-20(23)24/h7-8,15,20,28H,3-6,9-14,16H2,1-2H3,(H2,25,26,27). The van der Waals surface area contributed by atoms with E-state index in [-0.39, 0.29) is 23.5 Å². The van der Waals surface area contributed by atoms with E-state index in [1.807, 2.05) is 13.0 Å². The van der Waals surface area contributed by atoms with Crippen LogP contribution in [0.5, 0.6) is 11.5 Å². The van der Waals surface area contributed by atoms with Gasteiger partial charge in [0.15, 0.2) is 17.5 Å². The fraction of sp³-hybridized carbons (Fsp3) is 0.682. The second-order valence-electron chi connectivity index (χ2n) is 7.77. The van der Waals surface area contributed by atoms with Gasteiger partial charge < -0.3 is 25.2 Å². The van der Waals surface area contributed by atoms with Gasteiger partial charge in [-0.1, -0.05) is 25.3 Å². The third kappa shape index (κ3) is 7.63. The Hall–Kier alpha value is -2.09. The van der Waals surface area contributed by atoms with Crippen LogP contribution in [0.3, 0.4) is 0 Å². The van der Waals surface area contributed by atoms with Crippen molar-refractivity contribution in [3.63, 3.8) is 0 Å². The summed E-state index contributed by atoms with van der Waals surface area (Å²) in [5.41, 5.74) is 0.950. The van der Waals surface area contributed by atoms with E-state index in [4.69, 9.17) is 9.73 Å². The summed E-state index contributed by atoms with van der Waals surface area (Å²) >= 11 is 0. The van der Waals surface area contributed by atoms with Gasteiger partial charge in [0, 0.05) is 26.2 Å². The number of hydrogen-bond acceptors (Lipinski definition) is 4. The van der Waals surface area contributed by atoms with Crippen molar-refractivity contribution in [3.05, 3.63) is 23.8 Å². The molecule has 1 aromatic rings. The van der Waals surface area contributed by atoms with Crippen molar-refractivity contribution in [2.45, 2.75) is 58.5 Å². The number of halogens is 2. The largest absolute Gasteiger partial charge is 0.493 e. The lowest BCUT2D eigenvalue weighted by Gasteiger charge is -2.35. The molecule has 8 heteroatoms. The molecular weight excluding hydrogens is 392 g/mol. The van der Waals surface area contributed by atoms with Gasteiger partial charge in [-0.3, -0.25) is 4.99 Å². The molecule has 0 aromatic heterocycles. The van der Waals surface area contributed by atoms with Gasteiger partial charge in [0.2, 0.25) is 0 Å². The fourth-order valence-electron chi connectivity index (χ4n) is 4.00. The minimum absolute atomic E-state index is 0.0359. The van der Waals surface area contributed by atoms with Crippen LogP contribution in [-0.2, 0) is 6.42 Å². The molecule has 0 spiro atoms. The van der Waals surface area contributed by atoms with Crippen molar-refractivity contribution in [1.29, 1.82) is 0 Å². The molecule has 30 heavy (non-hydrogen) atoms. The zero-order chi connectivity index (χ0) is 21.8. The highest BCUT2D eigenvalue weighted by Gasteiger charge is 2.31. The average Bonchev–Trinajstić information content (AvgIpc) is 2.73. The number of nitrogens with zero attached hydrogens (tertiary/aromatic N) is 1. The van der Waals surface area contributed by atoms with Gasteiger partial charge in [0.05, 0.1) is 7.11 Å². The highest BCUT2D eigenvalue weighted by Crippen LogP contribution is 2.39. The molecule has 170 valence electrons. The summed E-state index contributed by atoms with van der Waals surface area (Å²) in [6.45, 7) is 1.34. The van der Waals surface area contributed by atoms with Crippen LogP contribution in [0.25, 0.3) is 0 Å². The predicted molar refractivity (Wildman–Crippen MR) is 115 cm³/mol. The molecule has 1 aliphatic rings. The quantitative estimate of drug-likeness (QED) is 0.371. The van der Waals surface area contributed by atoms with Crippen LogP contribution in [0, 0.1) is 5.41 Å². The zero-order valence-corrected chi connectivity index (χ0v) is 18.1. The summed E-state index contributed by atoms with van der Waals surface area (Å²) in [7, 11) is 1.42. The topological polar surface area (TPSA) is 75.1 Å². The van der Waals surface area contributed by atoms with E-state index in [0.717, 1.165) is 37.3 Å². The maximum Gasteiger partial charge on any atom is 0.387 e. The van der Waals surface area contributed by atoms with E-state index in [0.29, 0.717) is 19.5 Å². The van der Waals surface area contributed by atoms with Crippen LogP contribution in [0.2, 0.25) is 0 Å². The van der Waals surface area contributed by atoms with Crippen LogP contribution in [0.4, 0.5) is 8.78 Å². The highest BCUT2D eigenvalue weighted by atomic mass is 19.3. The Morgan fingerprint density at radius 1 is 1.20 bits per heavy atom. The molecule has 0 bridgehead atoms. The lowest BCUT2D eigenvalue weighted by Crippen LogP contribution is -2.40. The molecule has 0 atom stereocenters. The maximum atomic E-state index is 12.6. The van der Waals surface area contributed by atoms with Crippen LogP contribution in [0.15, 0.2) is 23.2 Å². The number of rotatable bonds is 11. The number of methoxy groups -OCH3 is 1. The summed E-state index contributed by atoms with van der Waals surface area (Å²) in [5.74, 6) is 1.05. The second kappa shape index (κ2) is 12.6. The van der Waals surface area contributed by atoms with Gasteiger partial charge >= 0.3 is 6.61 Å². The summed E-state index contributed by atoms with van der Waals surface area (Å²) in [4.78, 5) is 4.78. The molecule has 6 nitrogen and oxygen atoms in total. The molecule has 0 saturated heterocycles. The molecule has 1 saturated carbocycles. The molecule has 0 amide bonds. The summed E-state index contributed by atoms with van der Waals surface area (Å²) in [6, 6.07) is 5.05. The van der Waals surface area contributed by atoms with Gasteiger partial charge in [0.1, 0.15) is 0 Å². The zero-order valence-electron chi connectivity index (χ0n) is 18.1. The second-order valence-corrected chi connectivity index (χ2v) is 7.77. The van der Waals surface area contributed by atoms with Crippen molar-refractivity contribution < 1.29 is 23.4 Å². The number of aliphatic imine (C=N–C) groups is 1. The smallest absolute Gasteiger partial charge is 0.387 e. The molecule has 0 heterocycles. The number of benzene rings is 1. The van der Waals surface area contributed by atoms with E-state index in [1.165, 1.54) is 26.4 Å². The molecule has 1 aliphatic carbocycles. The Morgan fingerprint density at radius 3 is 2.60 bits per heavy atom. The molecule has 0 unspecified atom stereocenters. The number of alkyl halides is 2. The molecule has 1 fully saturated rings. The maximum absolute atomic E-state index is 12.6. The van der Waals surface area contributed by atoms with Crippen molar-refractivity contribution in [2.75, 3.05) is 33.4 Å². The van der Waals surface area contributed by atoms with E-state index < -0.39 is 6.61 Å². The lowest BCUT2D eigenvalue weighted by molar-refractivity contribution is -0.0512. The first-order valence-electron chi connectivity index (χ1n) is 10.8. The van der Waals surface area contributed by atoms with Gasteiger partial charge in [0.25, 0.3) is 0 Å². The first-order chi connectivity index (χ1) is 14.5. The lowest BCUT2D eigenvalue weighted by atomic mass is 9.72. The number of aliphatic hydroxyl groups excluding tert-OH is 1. The minimum atomic E-state index is -2.90. The monoisotopic (exact) mass is 427 g/mol. The Balaban J connectivity index is 1.96. The van der Waals surface area contributed by atoms with E-state index in [1.54, 1.807) is 12.1 Å². The number of guanidine groups is 1. The molecule has 3 N–H and O–H groups in total. The minimum Gasteiger partial charge on any atom is -0.493 e. The van der Waals surface area contributed by atoms with Crippen LogP contribution >= 0.6 is 0 Å². The van der Waals surface area contributed by atoms with Crippen molar-refractivity contribution in [1.82, 2.24) is 10.6 Å². The highest BCUT2D eigenvalue weighted by molar-refractivity contribution is 5.79. The fourth-order valence-corrected chi connectivity index (χ4v) is 4.00. The Labute approximate surface area is 178 Å². The number of nitrogens with one attached hydrogen (secondary N) is 2. The van der Waals surface area contributed by atoms with E-state index >= 15 is 0 Å². The molecule has 0 radical (unpaired) electrons. The summed E-state index contributed by atoms with van der Waals surface area (Å²) < 4.78 is 34.8. The van der Waals surface area contributed by atoms with Crippen molar-refractivity contribution >= 4 is 5.96 Å². The number of ether oxygens (including phenoxy) is 2. The molecular formula is C22H35F2N3O3.